The molecular formula is C24H28FN3O3. The minimum atomic E-state index is -0.613. The van der Waals surface area contributed by atoms with Crippen molar-refractivity contribution in [2.75, 3.05) is 12.8 Å². The van der Waals surface area contributed by atoms with Gasteiger partial charge in [0.2, 0.25) is 5.91 Å². The third-order valence-electron chi connectivity index (χ3n) is 5.47. The molecule has 0 fully saturated rings. The van der Waals surface area contributed by atoms with Crippen LogP contribution in [0.5, 0.6) is 5.75 Å². The van der Waals surface area contributed by atoms with E-state index in [4.69, 9.17) is 16.2 Å². The number of halogens is 1. The smallest absolute Gasteiger partial charge is 0.250 e. The number of amides is 1. The normalized spacial score (nSPS) is 14.6. The molecule has 0 radical (unpaired) electrons. The average molecular weight is 426 g/mol. The lowest BCUT2D eigenvalue weighted by atomic mass is 9.80. The van der Waals surface area contributed by atoms with E-state index in [9.17, 15) is 14.0 Å². The van der Waals surface area contributed by atoms with Crippen LogP contribution in [-0.4, -0.2) is 23.5 Å². The van der Waals surface area contributed by atoms with Crippen molar-refractivity contribution in [3.8, 4) is 16.9 Å². The van der Waals surface area contributed by atoms with E-state index >= 15 is 0 Å². The highest BCUT2D eigenvalue weighted by molar-refractivity contribution is 6.06. The van der Waals surface area contributed by atoms with Gasteiger partial charge in [0.1, 0.15) is 0 Å². The van der Waals surface area contributed by atoms with Gasteiger partial charge in [0.05, 0.1) is 18.2 Å². The number of benzene rings is 2. The van der Waals surface area contributed by atoms with Crippen LogP contribution in [0, 0.1) is 11.2 Å². The highest BCUT2D eigenvalue weighted by Gasteiger charge is 2.35. The summed E-state index contributed by atoms with van der Waals surface area (Å²) in [6, 6.07) is 7.91. The molecule has 2 aromatic carbocycles. The molecule has 0 atom stereocenters. The Morgan fingerprint density at radius 2 is 1.84 bits per heavy atom. The molecule has 164 valence electrons. The summed E-state index contributed by atoms with van der Waals surface area (Å²) in [6.45, 7) is 8.06. The van der Waals surface area contributed by atoms with Gasteiger partial charge in [0, 0.05) is 34.8 Å². The predicted octanol–water partition coefficient (Wildman–Crippen LogP) is 4.78. The predicted molar refractivity (Wildman–Crippen MR) is 121 cm³/mol. The largest absolute Gasteiger partial charge is 0.494 e. The van der Waals surface area contributed by atoms with Gasteiger partial charge in [0.25, 0.3) is 5.91 Å². The summed E-state index contributed by atoms with van der Waals surface area (Å²) < 4.78 is 21.2. The van der Waals surface area contributed by atoms with Crippen molar-refractivity contribution < 1.29 is 18.7 Å². The first kappa shape index (κ1) is 22.3. The van der Waals surface area contributed by atoms with Crippen LogP contribution < -0.4 is 16.2 Å². The quantitative estimate of drug-likeness (QED) is 0.590. The van der Waals surface area contributed by atoms with Crippen molar-refractivity contribution in [1.82, 2.24) is 4.57 Å². The number of hydrogen-bond donors (Lipinski definition) is 2. The lowest BCUT2D eigenvalue weighted by molar-refractivity contribution is 0.0816. The fourth-order valence-electron chi connectivity index (χ4n) is 4.22. The molecule has 0 spiro atoms. The van der Waals surface area contributed by atoms with Gasteiger partial charge in [-0.2, -0.15) is 0 Å². The molecule has 2 heterocycles. The maximum atomic E-state index is 14.5. The van der Waals surface area contributed by atoms with E-state index in [1.807, 2.05) is 27.7 Å². The molecule has 0 bridgehead atoms. The monoisotopic (exact) mass is 425 g/mol. The third-order valence-corrected chi connectivity index (χ3v) is 5.47. The fraction of sp³-hybridized carbons (Fsp3) is 0.333. The van der Waals surface area contributed by atoms with E-state index < -0.39 is 11.7 Å². The summed E-state index contributed by atoms with van der Waals surface area (Å²) >= 11 is 0. The lowest BCUT2D eigenvalue weighted by Gasteiger charge is -2.30. The molecule has 1 aromatic heterocycles. The molecule has 4 N–H and O–H groups in total. The number of anilines is 1. The molecule has 7 heteroatoms. The van der Waals surface area contributed by atoms with Crippen molar-refractivity contribution in [2.45, 2.75) is 40.5 Å². The Balaban J connectivity index is 0.00000132. The van der Waals surface area contributed by atoms with E-state index in [0.29, 0.717) is 23.7 Å². The first-order chi connectivity index (χ1) is 14.6. The Hall–Kier alpha value is -3.35. The van der Waals surface area contributed by atoms with E-state index in [-0.39, 0.29) is 28.3 Å². The Morgan fingerprint density at radius 1 is 1.16 bits per heavy atom. The van der Waals surface area contributed by atoms with Gasteiger partial charge in [-0.3, -0.25) is 14.2 Å². The van der Waals surface area contributed by atoms with Gasteiger partial charge in [-0.05, 0) is 35.6 Å². The van der Waals surface area contributed by atoms with Crippen molar-refractivity contribution >= 4 is 28.4 Å². The molecule has 3 aromatic rings. The van der Waals surface area contributed by atoms with Gasteiger partial charge in [-0.1, -0.05) is 33.8 Å². The third kappa shape index (κ3) is 3.76. The number of aromatic nitrogens is 1. The lowest BCUT2D eigenvalue weighted by Crippen LogP contribution is -2.31. The van der Waals surface area contributed by atoms with Crippen LogP contribution in [-0.2, 0) is 6.42 Å². The molecule has 6 nitrogen and oxygen atoms in total. The van der Waals surface area contributed by atoms with Gasteiger partial charge in [-0.25, -0.2) is 4.39 Å². The fourth-order valence-corrected chi connectivity index (χ4v) is 4.22. The van der Waals surface area contributed by atoms with Crippen LogP contribution in [0.2, 0.25) is 0 Å². The van der Waals surface area contributed by atoms with Crippen LogP contribution in [0.4, 0.5) is 10.1 Å². The first-order valence-corrected chi connectivity index (χ1v) is 10.3. The molecule has 0 unspecified atom stereocenters. The van der Waals surface area contributed by atoms with Gasteiger partial charge in [-0.15, -0.1) is 0 Å². The minimum absolute atomic E-state index is 0.0844. The number of carbonyl (C=O) groups excluding carboxylic acids is 2. The Labute approximate surface area is 181 Å². The maximum absolute atomic E-state index is 14.5. The van der Waals surface area contributed by atoms with Crippen LogP contribution in [0.3, 0.4) is 0 Å². The zero-order valence-electron chi connectivity index (χ0n) is 18.5. The number of primary amides is 1. The zero-order chi connectivity index (χ0) is 23.1. The summed E-state index contributed by atoms with van der Waals surface area (Å²) in [5, 5.41) is 0.690. The van der Waals surface area contributed by atoms with Gasteiger partial charge >= 0.3 is 0 Å². The molecule has 4 rings (SSSR count). The number of methoxy groups -OCH3 is 1. The topological polar surface area (TPSA) is 100 Å². The second kappa shape index (κ2) is 8.06. The average Bonchev–Trinajstić information content (AvgIpc) is 3.00. The highest BCUT2D eigenvalue weighted by atomic mass is 19.1. The van der Waals surface area contributed by atoms with Crippen LogP contribution in [0.15, 0.2) is 30.3 Å². The van der Waals surface area contributed by atoms with E-state index in [1.165, 1.54) is 13.2 Å². The van der Waals surface area contributed by atoms with Crippen molar-refractivity contribution in [3.63, 3.8) is 0 Å². The second-order valence-corrected chi connectivity index (χ2v) is 8.24. The maximum Gasteiger partial charge on any atom is 0.250 e. The number of nitrogen functional groups attached to an aromatic ring is 1. The molecule has 1 aliphatic rings. The SMILES string of the molecule is CC.COc1cc2c(-c3ccc(C(N)=O)c(N)c3)c3n(c2cc1F)C(=O)CC(C)(C)C3. The molecule has 0 saturated carbocycles. The number of hydrogen-bond acceptors (Lipinski definition) is 4. The summed E-state index contributed by atoms with van der Waals surface area (Å²) in [5.41, 5.74) is 14.4. The van der Waals surface area contributed by atoms with E-state index in [0.717, 1.165) is 16.8 Å². The number of nitrogens with zero attached hydrogens (tertiary/aromatic N) is 1. The number of carbonyl (C=O) groups is 2. The van der Waals surface area contributed by atoms with Crippen molar-refractivity contribution in [2.24, 2.45) is 11.1 Å². The summed E-state index contributed by atoms with van der Waals surface area (Å²) in [6.07, 6.45) is 0.990. The molecule has 0 saturated heterocycles. The molecule has 1 aliphatic heterocycles. The standard InChI is InChI=1S/C22H22FN3O3.C2H6/c1-22(2)9-17-20(11-4-5-12(21(25)28)15(24)6-11)13-7-18(29-3)14(23)8-16(13)26(17)19(27)10-22;1-2/h4-8H,9-10,24H2,1-3H3,(H2,25,28);1-2H3. The van der Waals surface area contributed by atoms with Gasteiger partial charge < -0.3 is 16.2 Å². The molecule has 1 amide bonds. The summed E-state index contributed by atoms with van der Waals surface area (Å²) in [7, 11) is 1.40. The van der Waals surface area contributed by atoms with Crippen LogP contribution >= 0.6 is 0 Å². The molecular weight excluding hydrogens is 397 g/mol. The number of nitrogens with two attached hydrogens (primary N) is 2. The van der Waals surface area contributed by atoms with Gasteiger partial charge in [0.15, 0.2) is 11.6 Å². The Bertz CT molecular complexity index is 1190. The Morgan fingerprint density at radius 3 is 2.42 bits per heavy atom. The molecule has 31 heavy (non-hydrogen) atoms. The minimum Gasteiger partial charge on any atom is -0.494 e. The van der Waals surface area contributed by atoms with E-state index in [2.05, 4.69) is 0 Å². The number of rotatable bonds is 3. The zero-order valence-corrected chi connectivity index (χ0v) is 18.5. The number of ether oxygens (including phenoxy) is 1. The van der Waals surface area contributed by atoms with Crippen molar-refractivity contribution in [1.29, 1.82) is 0 Å². The summed E-state index contributed by atoms with van der Waals surface area (Å²) in [5.74, 6) is -1.14. The highest BCUT2D eigenvalue weighted by Crippen LogP contribution is 2.44. The van der Waals surface area contributed by atoms with Crippen molar-refractivity contribution in [3.05, 3.63) is 47.4 Å². The molecule has 0 aliphatic carbocycles. The van der Waals surface area contributed by atoms with Crippen LogP contribution in [0.25, 0.3) is 22.0 Å². The first-order valence-electron chi connectivity index (χ1n) is 10.3. The van der Waals surface area contributed by atoms with Crippen LogP contribution in [0.1, 0.15) is 55.0 Å². The Kier molecular flexibility index (Phi) is 5.81. The second-order valence-electron chi connectivity index (χ2n) is 8.24. The van der Waals surface area contributed by atoms with E-state index in [1.54, 1.807) is 28.8 Å². The summed E-state index contributed by atoms with van der Waals surface area (Å²) in [4.78, 5) is 24.5. The number of fused-ring (bicyclic) bond motifs is 3.